The van der Waals surface area contributed by atoms with Crippen molar-refractivity contribution in [2.75, 3.05) is 52.4 Å². The van der Waals surface area contributed by atoms with E-state index < -0.39 is 0 Å². The Hall–Kier alpha value is -1.35. The summed E-state index contributed by atoms with van der Waals surface area (Å²) in [6.45, 7) is 10.9. The summed E-state index contributed by atoms with van der Waals surface area (Å²) in [5, 5.41) is 6.91. The summed E-state index contributed by atoms with van der Waals surface area (Å²) in [7, 11) is 0. The Morgan fingerprint density at radius 1 is 1.07 bits per heavy atom. The minimum Gasteiger partial charge on any atom is -0.357 e. The third kappa shape index (κ3) is 6.83. The van der Waals surface area contributed by atoms with Gasteiger partial charge < -0.3 is 15.5 Å². The van der Waals surface area contributed by atoms with Crippen molar-refractivity contribution in [1.82, 2.24) is 20.4 Å². The Kier molecular flexibility index (Phi) is 10.4. The highest BCUT2D eigenvalue weighted by atomic mass is 127. The summed E-state index contributed by atoms with van der Waals surface area (Å²) in [6.07, 6.45) is 5.03. The maximum absolute atomic E-state index is 11.5. The van der Waals surface area contributed by atoms with E-state index in [0.29, 0.717) is 0 Å². The number of aliphatic imine (C=N–C) groups is 1. The van der Waals surface area contributed by atoms with Crippen LogP contribution in [0.4, 0.5) is 0 Å². The zero-order valence-corrected chi connectivity index (χ0v) is 20.9. The fourth-order valence-corrected chi connectivity index (χ4v) is 4.57. The maximum atomic E-state index is 11.5. The van der Waals surface area contributed by atoms with Gasteiger partial charge in [-0.15, -0.1) is 24.0 Å². The molecule has 2 N–H and O–H groups in total. The van der Waals surface area contributed by atoms with Gasteiger partial charge in [0.2, 0.25) is 5.91 Å². The van der Waals surface area contributed by atoms with E-state index in [1.54, 1.807) is 6.92 Å². The van der Waals surface area contributed by atoms with Gasteiger partial charge in [0.1, 0.15) is 0 Å². The van der Waals surface area contributed by atoms with Crippen LogP contribution in [0.3, 0.4) is 0 Å². The number of carbonyl (C=O) groups is 1. The number of halogens is 1. The lowest BCUT2D eigenvalue weighted by Gasteiger charge is -2.34. The van der Waals surface area contributed by atoms with Gasteiger partial charge in [-0.3, -0.25) is 14.7 Å². The first kappa shape index (κ1) is 24.9. The molecule has 2 fully saturated rings. The molecule has 1 aliphatic heterocycles. The predicted molar refractivity (Wildman–Crippen MR) is 135 cm³/mol. The molecule has 0 radical (unpaired) electrons. The molecule has 7 heteroatoms. The fraction of sp³-hybridized carbons (Fsp3) is 0.652. The van der Waals surface area contributed by atoms with Crippen molar-refractivity contribution in [2.45, 2.75) is 44.9 Å². The number of hydrogen-bond acceptors (Lipinski definition) is 3. The first-order valence-corrected chi connectivity index (χ1v) is 11.2. The molecule has 1 amide bonds. The molecule has 2 aliphatic rings. The number of amides is 1. The molecule has 0 bridgehead atoms. The average Bonchev–Trinajstić information content (AvgIpc) is 3.23. The average molecular weight is 527 g/mol. The van der Waals surface area contributed by atoms with E-state index in [-0.39, 0.29) is 35.3 Å². The number of hydrogen-bond donors (Lipinski definition) is 2. The second-order valence-electron chi connectivity index (χ2n) is 8.32. The molecule has 1 aromatic rings. The monoisotopic (exact) mass is 527 g/mol. The highest BCUT2D eigenvalue weighted by Crippen LogP contribution is 2.41. The number of benzene rings is 1. The maximum Gasteiger partial charge on any atom is 0.219 e. The molecule has 1 saturated carbocycles. The van der Waals surface area contributed by atoms with E-state index >= 15 is 0 Å². The first-order valence-electron chi connectivity index (χ1n) is 11.2. The molecule has 1 heterocycles. The summed E-state index contributed by atoms with van der Waals surface area (Å²) in [4.78, 5) is 20.8. The Bertz CT molecular complexity index is 667. The molecule has 6 nitrogen and oxygen atoms in total. The molecule has 0 aromatic heterocycles. The SMILES string of the molecule is CCNC(=NCC1(c2ccccc2)CCCC1)NCCN1CCN(C(C)=O)CC1.I. The molecule has 168 valence electrons. The summed E-state index contributed by atoms with van der Waals surface area (Å²) < 4.78 is 0. The van der Waals surface area contributed by atoms with Crippen LogP contribution in [0.5, 0.6) is 0 Å². The van der Waals surface area contributed by atoms with Gasteiger partial charge in [0.05, 0.1) is 6.54 Å². The van der Waals surface area contributed by atoms with Gasteiger partial charge >= 0.3 is 0 Å². The van der Waals surface area contributed by atoms with Crippen molar-refractivity contribution >= 4 is 35.8 Å². The molecule has 0 atom stereocenters. The molecule has 1 aliphatic carbocycles. The quantitative estimate of drug-likeness (QED) is 0.326. The van der Waals surface area contributed by atoms with Crippen molar-refractivity contribution < 1.29 is 4.79 Å². The normalized spacial score (nSPS) is 19.3. The lowest BCUT2D eigenvalue weighted by molar-refractivity contribution is -0.130. The molecule has 30 heavy (non-hydrogen) atoms. The number of rotatable bonds is 7. The third-order valence-corrected chi connectivity index (χ3v) is 6.37. The third-order valence-electron chi connectivity index (χ3n) is 6.37. The van der Waals surface area contributed by atoms with Crippen LogP contribution < -0.4 is 10.6 Å². The highest BCUT2D eigenvalue weighted by Gasteiger charge is 2.35. The standard InChI is InChI=1S/C23H37N5O.HI/c1-3-24-22(25-13-14-27-15-17-28(18-16-27)20(2)29)26-19-23(11-7-8-12-23)21-9-5-4-6-10-21;/h4-6,9-10H,3,7-8,11-19H2,1-2H3,(H2,24,25,26);1H. The van der Waals surface area contributed by atoms with Crippen LogP contribution >= 0.6 is 24.0 Å². The van der Waals surface area contributed by atoms with Crippen molar-refractivity contribution in [3.8, 4) is 0 Å². The Morgan fingerprint density at radius 3 is 2.33 bits per heavy atom. The predicted octanol–water partition coefficient (Wildman–Crippen LogP) is 2.84. The summed E-state index contributed by atoms with van der Waals surface area (Å²) >= 11 is 0. The molecule has 0 spiro atoms. The lowest BCUT2D eigenvalue weighted by atomic mass is 9.79. The number of carbonyl (C=O) groups excluding carboxylic acids is 1. The van der Waals surface area contributed by atoms with Gasteiger partial charge in [-0.1, -0.05) is 43.2 Å². The zero-order valence-electron chi connectivity index (χ0n) is 18.5. The van der Waals surface area contributed by atoms with Crippen LogP contribution in [-0.2, 0) is 10.2 Å². The number of nitrogens with one attached hydrogen (secondary N) is 2. The van der Waals surface area contributed by atoms with Gasteiger partial charge in [0, 0.05) is 58.2 Å². The molecule has 3 rings (SSSR count). The van der Waals surface area contributed by atoms with Gasteiger partial charge in [-0.2, -0.15) is 0 Å². The van der Waals surface area contributed by atoms with E-state index in [4.69, 9.17) is 4.99 Å². The van der Waals surface area contributed by atoms with Crippen LogP contribution in [-0.4, -0.2) is 74.0 Å². The van der Waals surface area contributed by atoms with E-state index in [9.17, 15) is 4.79 Å². The second kappa shape index (κ2) is 12.5. The van der Waals surface area contributed by atoms with Crippen molar-refractivity contribution in [3.63, 3.8) is 0 Å². The van der Waals surface area contributed by atoms with Crippen molar-refractivity contribution in [2.24, 2.45) is 4.99 Å². The number of piperazine rings is 1. The molecular weight excluding hydrogens is 489 g/mol. The van der Waals surface area contributed by atoms with E-state index in [1.807, 2.05) is 4.90 Å². The van der Waals surface area contributed by atoms with Crippen molar-refractivity contribution in [1.29, 1.82) is 0 Å². The number of guanidine groups is 1. The second-order valence-corrected chi connectivity index (χ2v) is 8.32. The van der Waals surface area contributed by atoms with Gasteiger partial charge in [0.15, 0.2) is 5.96 Å². The topological polar surface area (TPSA) is 60.0 Å². The van der Waals surface area contributed by atoms with Gasteiger partial charge in [-0.25, -0.2) is 0 Å². The van der Waals surface area contributed by atoms with Crippen LogP contribution in [0.15, 0.2) is 35.3 Å². The Morgan fingerprint density at radius 2 is 1.73 bits per heavy atom. The molecule has 1 aromatic carbocycles. The summed E-state index contributed by atoms with van der Waals surface area (Å²) in [6, 6.07) is 10.9. The lowest BCUT2D eigenvalue weighted by Crippen LogP contribution is -2.50. The minimum atomic E-state index is 0. The van der Waals surface area contributed by atoms with Crippen LogP contribution in [0.1, 0.15) is 45.1 Å². The largest absolute Gasteiger partial charge is 0.357 e. The first-order chi connectivity index (χ1) is 14.1. The highest BCUT2D eigenvalue weighted by molar-refractivity contribution is 14.0. The van der Waals surface area contributed by atoms with Crippen molar-refractivity contribution in [3.05, 3.63) is 35.9 Å². The van der Waals surface area contributed by atoms with E-state index in [2.05, 4.69) is 52.8 Å². The van der Waals surface area contributed by atoms with Crippen LogP contribution in [0.25, 0.3) is 0 Å². The Labute approximate surface area is 198 Å². The van der Waals surface area contributed by atoms with Crippen LogP contribution in [0.2, 0.25) is 0 Å². The summed E-state index contributed by atoms with van der Waals surface area (Å²) in [5.74, 6) is 1.10. The number of nitrogens with zero attached hydrogens (tertiary/aromatic N) is 3. The Balaban J connectivity index is 0.00000320. The van der Waals surface area contributed by atoms with Crippen LogP contribution in [0, 0.1) is 0 Å². The van der Waals surface area contributed by atoms with Gasteiger partial charge in [0.25, 0.3) is 0 Å². The molecule has 0 unspecified atom stereocenters. The molecular formula is C23H38IN5O. The van der Waals surface area contributed by atoms with E-state index in [0.717, 1.165) is 58.3 Å². The minimum absolute atomic E-state index is 0. The smallest absolute Gasteiger partial charge is 0.219 e. The van der Waals surface area contributed by atoms with E-state index in [1.165, 1.54) is 31.2 Å². The summed E-state index contributed by atoms with van der Waals surface area (Å²) in [5.41, 5.74) is 1.62. The fourth-order valence-electron chi connectivity index (χ4n) is 4.57. The zero-order chi connectivity index (χ0) is 20.5. The molecule has 1 saturated heterocycles. The van der Waals surface area contributed by atoms with Gasteiger partial charge in [-0.05, 0) is 25.3 Å².